The Balaban J connectivity index is 1.53. The molecule has 2 saturated carbocycles. The minimum absolute atomic E-state index is 0.233. The summed E-state index contributed by atoms with van der Waals surface area (Å²) in [4.78, 5) is 13.7. The Hall–Kier alpha value is -0.830. The van der Waals surface area contributed by atoms with Gasteiger partial charge in [0.2, 0.25) is 5.91 Å². The van der Waals surface area contributed by atoms with E-state index in [1.54, 1.807) is 0 Å². The first kappa shape index (κ1) is 15.1. The predicted molar refractivity (Wildman–Crippen MR) is 88.7 cm³/mol. The number of thiophene rings is 1. The third-order valence-electron chi connectivity index (χ3n) is 5.43. The molecule has 3 heteroatoms. The smallest absolute Gasteiger partial charge is 0.220 e. The number of carbonyl (C=O) groups is 1. The van der Waals surface area contributed by atoms with Crippen LogP contribution >= 0.6 is 11.3 Å². The highest BCUT2D eigenvalue weighted by molar-refractivity contribution is 7.10. The van der Waals surface area contributed by atoms with E-state index < -0.39 is 0 Å². The van der Waals surface area contributed by atoms with Crippen LogP contribution in [0.15, 0.2) is 17.5 Å². The van der Waals surface area contributed by atoms with Crippen LogP contribution in [0.25, 0.3) is 0 Å². The highest BCUT2D eigenvalue weighted by Crippen LogP contribution is 2.42. The Bertz CT molecular complexity index is 442. The zero-order valence-corrected chi connectivity index (χ0v) is 13.7. The number of rotatable bonds is 5. The summed E-state index contributed by atoms with van der Waals surface area (Å²) in [5.41, 5.74) is 0.233. The zero-order chi connectivity index (χ0) is 14.5. The molecule has 21 heavy (non-hydrogen) atoms. The van der Waals surface area contributed by atoms with Gasteiger partial charge in [-0.05, 0) is 43.0 Å². The third-order valence-corrected chi connectivity index (χ3v) is 6.54. The van der Waals surface area contributed by atoms with Crippen molar-refractivity contribution < 1.29 is 4.79 Å². The first-order valence-electron chi connectivity index (χ1n) is 8.59. The quantitative estimate of drug-likeness (QED) is 0.843. The van der Waals surface area contributed by atoms with Crippen LogP contribution in [0.2, 0.25) is 0 Å². The second-order valence-electron chi connectivity index (χ2n) is 6.95. The molecule has 0 aliphatic heterocycles. The molecular weight excluding hydrogens is 278 g/mol. The normalized spacial score (nSPS) is 22.3. The van der Waals surface area contributed by atoms with Gasteiger partial charge in [-0.15, -0.1) is 11.3 Å². The Kier molecular flexibility index (Phi) is 4.99. The topological polar surface area (TPSA) is 29.1 Å². The van der Waals surface area contributed by atoms with E-state index in [0.717, 1.165) is 13.0 Å². The molecule has 3 rings (SSSR count). The van der Waals surface area contributed by atoms with Gasteiger partial charge in [-0.2, -0.15) is 0 Å². The van der Waals surface area contributed by atoms with Gasteiger partial charge in [-0.3, -0.25) is 4.79 Å². The maximum atomic E-state index is 12.3. The summed E-state index contributed by atoms with van der Waals surface area (Å²) in [6, 6.07) is 4.40. The molecule has 1 aromatic rings. The molecule has 1 aromatic heterocycles. The maximum Gasteiger partial charge on any atom is 0.220 e. The summed E-state index contributed by atoms with van der Waals surface area (Å²) < 4.78 is 0. The van der Waals surface area contributed by atoms with E-state index >= 15 is 0 Å². The number of carbonyl (C=O) groups excluding carboxylic acids is 1. The van der Waals surface area contributed by atoms with Gasteiger partial charge >= 0.3 is 0 Å². The second kappa shape index (κ2) is 6.95. The molecule has 1 N–H and O–H groups in total. The molecule has 2 aliphatic rings. The van der Waals surface area contributed by atoms with Gasteiger partial charge in [0.15, 0.2) is 0 Å². The van der Waals surface area contributed by atoms with Crippen LogP contribution in [0, 0.1) is 5.92 Å². The van der Waals surface area contributed by atoms with Gasteiger partial charge in [0.25, 0.3) is 0 Å². The van der Waals surface area contributed by atoms with Crippen molar-refractivity contribution in [3.63, 3.8) is 0 Å². The van der Waals surface area contributed by atoms with Crippen molar-refractivity contribution in [3.05, 3.63) is 22.4 Å². The average Bonchev–Trinajstić information content (AvgIpc) is 3.18. The Morgan fingerprint density at radius 2 is 1.95 bits per heavy atom. The van der Waals surface area contributed by atoms with E-state index in [2.05, 4.69) is 22.8 Å². The van der Waals surface area contributed by atoms with Crippen LogP contribution in [0.4, 0.5) is 0 Å². The van der Waals surface area contributed by atoms with E-state index in [4.69, 9.17) is 0 Å². The molecule has 0 spiro atoms. The van der Waals surface area contributed by atoms with E-state index in [1.807, 2.05) is 11.3 Å². The van der Waals surface area contributed by atoms with Gasteiger partial charge in [0.05, 0.1) is 0 Å². The highest BCUT2D eigenvalue weighted by Gasteiger charge is 2.36. The molecule has 1 amide bonds. The lowest BCUT2D eigenvalue weighted by atomic mass is 9.84. The molecular formula is C18H27NOS. The van der Waals surface area contributed by atoms with Gasteiger partial charge in [-0.1, -0.05) is 38.2 Å². The summed E-state index contributed by atoms with van der Waals surface area (Å²) in [6.07, 6.45) is 12.3. The summed E-state index contributed by atoms with van der Waals surface area (Å²) >= 11 is 1.86. The standard InChI is InChI=1S/C18H27NOS/c20-17(13-15-7-2-1-3-8-15)19-14-18(10-4-5-11-18)16-9-6-12-21-16/h6,9,12,15H,1-5,7-8,10-11,13-14H2,(H,19,20). The van der Waals surface area contributed by atoms with Crippen LogP contribution in [0.5, 0.6) is 0 Å². The van der Waals surface area contributed by atoms with Gasteiger partial charge in [-0.25, -0.2) is 0 Å². The lowest BCUT2D eigenvalue weighted by molar-refractivity contribution is -0.122. The molecule has 1 heterocycles. The molecule has 0 bridgehead atoms. The number of nitrogens with one attached hydrogen (secondary N) is 1. The minimum Gasteiger partial charge on any atom is -0.355 e. The maximum absolute atomic E-state index is 12.3. The van der Waals surface area contributed by atoms with Crippen molar-refractivity contribution in [2.75, 3.05) is 6.54 Å². The predicted octanol–water partition coefficient (Wildman–Crippen LogP) is 4.65. The van der Waals surface area contributed by atoms with Crippen molar-refractivity contribution in [1.29, 1.82) is 0 Å². The Morgan fingerprint density at radius 1 is 1.19 bits per heavy atom. The second-order valence-corrected chi connectivity index (χ2v) is 7.90. The molecule has 116 valence electrons. The van der Waals surface area contributed by atoms with Crippen molar-refractivity contribution in [1.82, 2.24) is 5.32 Å². The number of hydrogen-bond donors (Lipinski definition) is 1. The molecule has 2 nitrogen and oxygen atoms in total. The fraction of sp³-hybridized carbons (Fsp3) is 0.722. The summed E-state index contributed by atoms with van der Waals surface area (Å²) in [5.74, 6) is 0.921. The fourth-order valence-corrected chi connectivity index (χ4v) is 5.12. The van der Waals surface area contributed by atoms with Crippen LogP contribution in [0.1, 0.15) is 69.1 Å². The van der Waals surface area contributed by atoms with E-state index in [9.17, 15) is 4.79 Å². The van der Waals surface area contributed by atoms with Gasteiger partial charge < -0.3 is 5.32 Å². The molecule has 0 atom stereocenters. The molecule has 2 fully saturated rings. The largest absolute Gasteiger partial charge is 0.355 e. The van der Waals surface area contributed by atoms with E-state index in [1.165, 1.54) is 62.7 Å². The lowest BCUT2D eigenvalue weighted by Gasteiger charge is -2.29. The number of amides is 1. The minimum atomic E-state index is 0.233. The van der Waals surface area contributed by atoms with E-state index in [-0.39, 0.29) is 11.3 Å². The molecule has 0 unspecified atom stereocenters. The first-order chi connectivity index (χ1) is 10.3. The van der Waals surface area contributed by atoms with Crippen LogP contribution in [-0.4, -0.2) is 12.5 Å². The van der Waals surface area contributed by atoms with Crippen LogP contribution in [0.3, 0.4) is 0 Å². The molecule has 2 aliphatic carbocycles. The van der Waals surface area contributed by atoms with Crippen molar-refractivity contribution in [3.8, 4) is 0 Å². The average molecular weight is 305 g/mol. The lowest BCUT2D eigenvalue weighted by Crippen LogP contribution is -2.39. The summed E-state index contributed by atoms with van der Waals surface area (Å²) in [5, 5.41) is 5.43. The molecule has 0 radical (unpaired) electrons. The van der Waals surface area contributed by atoms with Gasteiger partial charge in [0, 0.05) is 23.3 Å². The van der Waals surface area contributed by atoms with E-state index in [0.29, 0.717) is 5.92 Å². The van der Waals surface area contributed by atoms with Crippen molar-refractivity contribution >= 4 is 17.2 Å². The third kappa shape index (κ3) is 3.68. The summed E-state index contributed by atoms with van der Waals surface area (Å²) in [6.45, 7) is 0.846. The summed E-state index contributed by atoms with van der Waals surface area (Å²) in [7, 11) is 0. The number of hydrogen-bond acceptors (Lipinski definition) is 2. The van der Waals surface area contributed by atoms with Crippen molar-refractivity contribution in [2.45, 2.75) is 69.6 Å². The monoisotopic (exact) mass is 305 g/mol. The van der Waals surface area contributed by atoms with Gasteiger partial charge in [0.1, 0.15) is 0 Å². The molecule has 0 saturated heterocycles. The Labute approximate surface area is 132 Å². The van der Waals surface area contributed by atoms with Crippen molar-refractivity contribution in [2.24, 2.45) is 5.92 Å². The zero-order valence-electron chi connectivity index (χ0n) is 12.9. The SMILES string of the molecule is O=C(CC1CCCCC1)NCC1(c2cccs2)CCCC1. The Morgan fingerprint density at radius 3 is 2.62 bits per heavy atom. The van der Waals surface area contributed by atoms with Crippen LogP contribution < -0.4 is 5.32 Å². The molecule has 0 aromatic carbocycles. The fourth-order valence-electron chi connectivity index (χ4n) is 4.14. The highest BCUT2D eigenvalue weighted by atomic mass is 32.1. The van der Waals surface area contributed by atoms with Crippen LogP contribution in [-0.2, 0) is 10.2 Å². The first-order valence-corrected chi connectivity index (χ1v) is 9.47.